The zero-order valence-electron chi connectivity index (χ0n) is 18.5. The molecule has 7 nitrogen and oxygen atoms in total. The van der Waals surface area contributed by atoms with Crippen LogP contribution in [0.1, 0.15) is 48.0 Å². The van der Waals surface area contributed by atoms with Crippen molar-refractivity contribution in [1.29, 1.82) is 0 Å². The van der Waals surface area contributed by atoms with Crippen LogP contribution in [0, 0.1) is 0 Å². The van der Waals surface area contributed by atoms with Crippen LogP contribution in [-0.2, 0) is 11.3 Å². The SMILES string of the molecule is O=C(c1cnc2c(c1)N(Cc1ccccc1)C(=O)CN2)N1CCCN(C2CCCC2)CC1. The maximum Gasteiger partial charge on any atom is 0.255 e. The van der Waals surface area contributed by atoms with Crippen LogP contribution in [0.15, 0.2) is 42.6 Å². The van der Waals surface area contributed by atoms with Crippen molar-refractivity contribution in [1.82, 2.24) is 14.8 Å². The number of nitrogens with zero attached hydrogens (tertiary/aromatic N) is 4. The van der Waals surface area contributed by atoms with E-state index in [0.717, 1.165) is 38.2 Å². The highest BCUT2D eigenvalue weighted by atomic mass is 16.2. The van der Waals surface area contributed by atoms with E-state index in [1.54, 1.807) is 11.1 Å². The van der Waals surface area contributed by atoms with Crippen LogP contribution in [0.25, 0.3) is 0 Å². The minimum atomic E-state index is -0.0188. The van der Waals surface area contributed by atoms with Crippen molar-refractivity contribution in [2.75, 3.05) is 42.9 Å². The molecule has 0 bridgehead atoms. The number of hydrogen-bond donors (Lipinski definition) is 1. The quantitative estimate of drug-likeness (QED) is 0.802. The van der Waals surface area contributed by atoms with Crippen molar-refractivity contribution in [3.8, 4) is 0 Å². The molecule has 2 aromatic rings. The Bertz CT molecular complexity index is 974. The van der Waals surface area contributed by atoms with Crippen LogP contribution in [0.2, 0.25) is 0 Å². The fourth-order valence-corrected chi connectivity index (χ4v) is 5.20. The van der Waals surface area contributed by atoms with Gasteiger partial charge in [-0.2, -0.15) is 0 Å². The highest BCUT2D eigenvalue weighted by Crippen LogP contribution is 2.30. The fourth-order valence-electron chi connectivity index (χ4n) is 5.20. The summed E-state index contributed by atoms with van der Waals surface area (Å²) in [6.45, 7) is 4.20. The van der Waals surface area contributed by atoms with Gasteiger partial charge in [0.25, 0.3) is 5.91 Å². The van der Waals surface area contributed by atoms with Crippen molar-refractivity contribution in [2.45, 2.75) is 44.7 Å². The van der Waals surface area contributed by atoms with Crippen molar-refractivity contribution < 1.29 is 9.59 Å². The zero-order chi connectivity index (χ0) is 21.9. The topological polar surface area (TPSA) is 68.8 Å². The first-order valence-electron chi connectivity index (χ1n) is 11.8. The van der Waals surface area contributed by atoms with E-state index in [1.165, 1.54) is 25.7 Å². The molecule has 2 aliphatic heterocycles. The van der Waals surface area contributed by atoms with E-state index in [-0.39, 0.29) is 18.4 Å². The Morgan fingerprint density at radius 1 is 1.03 bits per heavy atom. The molecule has 1 saturated carbocycles. The number of aromatic nitrogens is 1. The average molecular weight is 434 g/mol. The van der Waals surface area contributed by atoms with Crippen LogP contribution >= 0.6 is 0 Å². The van der Waals surface area contributed by atoms with Gasteiger partial charge in [0.15, 0.2) is 5.82 Å². The summed E-state index contributed by atoms with van der Waals surface area (Å²) in [4.78, 5) is 36.8. The first kappa shape index (κ1) is 20.9. The maximum atomic E-state index is 13.4. The molecule has 2 fully saturated rings. The van der Waals surface area contributed by atoms with E-state index >= 15 is 0 Å². The Labute approximate surface area is 189 Å². The number of benzene rings is 1. The molecule has 3 heterocycles. The predicted octanol–water partition coefficient (Wildman–Crippen LogP) is 3.13. The molecular weight excluding hydrogens is 402 g/mol. The van der Waals surface area contributed by atoms with Crippen molar-refractivity contribution in [2.24, 2.45) is 0 Å². The van der Waals surface area contributed by atoms with Crippen LogP contribution in [-0.4, -0.2) is 65.4 Å². The Morgan fingerprint density at radius 3 is 2.66 bits per heavy atom. The molecule has 7 heteroatoms. The fraction of sp³-hybridized carbons (Fsp3) is 0.480. The van der Waals surface area contributed by atoms with E-state index in [0.29, 0.717) is 29.7 Å². The number of carbonyl (C=O) groups is 2. The number of rotatable bonds is 4. The Hall–Kier alpha value is -2.93. The van der Waals surface area contributed by atoms with Gasteiger partial charge in [-0.05, 0) is 30.9 Å². The van der Waals surface area contributed by atoms with Crippen LogP contribution in [0.5, 0.6) is 0 Å². The lowest BCUT2D eigenvalue weighted by molar-refractivity contribution is -0.117. The molecule has 5 rings (SSSR count). The number of anilines is 2. The molecule has 1 aromatic heterocycles. The van der Waals surface area contributed by atoms with Gasteiger partial charge in [-0.1, -0.05) is 43.2 Å². The smallest absolute Gasteiger partial charge is 0.255 e. The van der Waals surface area contributed by atoms with Gasteiger partial charge in [-0.25, -0.2) is 4.98 Å². The number of fused-ring (bicyclic) bond motifs is 1. The second-order valence-corrected chi connectivity index (χ2v) is 9.03. The molecular formula is C25H31N5O2. The minimum Gasteiger partial charge on any atom is -0.359 e. The van der Waals surface area contributed by atoms with Gasteiger partial charge in [0.05, 0.1) is 24.3 Å². The first-order valence-corrected chi connectivity index (χ1v) is 11.8. The predicted molar refractivity (Wildman–Crippen MR) is 125 cm³/mol. The number of nitrogens with one attached hydrogen (secondary N) is 1. The molecule has 1 saturated heterocycles. The Morgan fingerprint density at radius 2 is 1.84 bits per heavy atom. The third kappa shape index (κ3) is 4.35. The summed E-state index contributed by atoms with van der Waals surface area (Å²) < 4.78 is 0. The number of carbonyl (C=O) groups excluding carboxylic acids is 2. The van der Waals surface area contributed by atoms with Gasteiger partial charge in [0.2, 0.25) is 5.91 Å². The molecule has 168 valence electrons. The number of hydrogen-bond acceptors (Lipinski definition) is 5. The monoisotopic (exact) mass is 433 g/mol. The lowest BCUT2D eigenvalue weighted by Gasteiger charge is -2.30. The third-order valence-corrected chi connectivity index (χ3v) is 6.96. The molecule has 1 aliphatic carbocycles. The lowest BCUT2D eigenvalue weighted by atomic mass is 10.1. The van der Waals surface area contributed by atoms with Crippen LogP contribution in [0.4, 0.5) is 11.5 Å². The molecule has 1 N–H and O–H groups in total. The van der Waals surface area contributed by atoms with E-state index in [1.807, 2.05) is 41.3 Å². The van der Waals surface area contributed by atoms with Gasteiger partial charge in [-0.3, -0.25) is 14.5 Å². The van der Waals surface area contributed by atoms with Crippen molar-refractivity contribution in [3.63, 3.8) is 0 Å². The summed E-state index contributed by atoms with van der Waals surface area (Å²) >= 11 is 0. The van der Waals surface area contributed by atoms with Gasteiger partial charge in [-0.15, -0.1) is 0 Å². The molecule has 2 amide bonds. The molecule has 3 aliphatic rings. The van der Waals surface area contributed by atoms with E-state index in [4.69, 9.17) is 0 Å². The lowest BCUT2D eigenvalue weighted by Crippen LogP contribution is -2.40. The maximum absolute atomic E-state index is 13.4. The summed E-state index contributed by atoms with van der Waals surface area (Å²) in [5, 5.41) is 3.09. The summed E-state index contributed by atoms with van der Waals surface area (Å²) in [7, 11) is 0. The molecule has 1 aromatic carbocycles. The van der Waals surface area contributed by atoms with Gasteiger partial charge < -0.3 is 15.1 Å². The first-order chi connectivity index (χ1) is 15.7. The number of pyridine rings is 1. The third-order valence-electron chi connectivity index (χ3n) is 6.96. The normalized spacial score (nSPS) is 20.1. The highest BCUT2D eigenvalue weighted by molar-refractivity contribution is 6.04. The molecule has 0 atom stereocenters. The summed E-state index contributed by atoms with van der Waals surface area (Å²) in [5.74, 6) is 0.640. The zero-order valence-corrected chi connectivity index (χ0v) is 18.5. The summed E-state index contributed by atoms with van der Waals surface area (Å²) in [5.41, 5.74) is 2.27. The van der Waals surface area contributed by atoms with Crippen LogP contribution < -0.4 is 10.2 Å². The summed E-state index contributed by atoms with van der Waals surface area (Å²) in [6, 6.07) is 12.4. The Balaban J connectivity index is 1.33. The van der Waals surface area contributed by atoms with E-state index < -0.39 is 0 Å². The van der Waals surface area contributed by atoms with Crippen molar-refractivity contribution >= 4 is 23.3 Å². The Kier molecular flexibility index (Phi) is 6.08. The van der Waals surface area contributed by atoms with Crippen LogP contribution in [0.3, 0.4) is 0 Å². The van der Waals surface area contributed by atoms with Gasteiger partial charge in [0, 0.05) is 38.4 Å². The minimum absolute atomic E-state index is 0.00579. The van der Waals surface area contributed by atoms with E-state index in [2.05, 4.69) is 15.2 Å². The second kappa shape index (κ2) is 9.28. The summed E-state index contributed by atoms with van der Waals surface area (Å²) in [6.07, 6.45) is 7.89. The van der Waals surface area contributed by atoms with Crippen molar-refractivity contribution in [3.05, 3.63) is 53.7 Å². The molecule has 0 spiro atoms. The standard InChI is InChI=1S/C25H31N5O2/c31-23-17-27-24-22(30(23)18-19-7-2-1-3-8-19)15-20(16-26-24)25(32)29-12-6-11-28(13-14-29)21-9-4-5-10-21/h1-3,7-8,15-16,21H,4-6,9-14,17-18H2,(H,26,27). The second-order valence-electron chi connectivity index (χ2n) is 9.03. The molecule has 0 radical (unpaired) electrons. The largest absolute Gasteiger partial charge is 0.359 e. The number of amides is 2. The molecule has 32 heavy (non-hydrogen) atoms. The van der Waals surface area contributed by atoms with Gasteiger partial charge >= 0.3 is 0 Å². The van der Waals surface area contributed by atoms with Gasteiger partial charge in [0.1, 0.15) is 0 Å². The van der Waals surface area contributed by atoms with E-state index in [9.17, 15) is 9.59 Å². The highest BCUT2D eigenvalue weighted by Gasteiger charge is 2.29. The molecule has 0 unspecified atom stereocenters. The average Bonchev–Trinajstić information content (AvgIpc) is 3.25.